The van der Waals surface area contributed by atoms with Gasteiger partial charge in [0.15, 0.2) is 0 Å². The zero-order valence-electron chi connectivity index (χ0n) is 11.7. The summed E-state index contributed by atoms with van der Waals surface area (Å²) in [6.07, 6.45) is 2.50. The van der Waals surface area contributed by atoms with Crippen LogP contribution in [0.4, 0.5) is 0 Å². The normalized spacial score (nSPS) is 12.2. The smallest absolute Gasteiger partial charge is 0.126 e. The molecule has 100 valence electrons. The molecule has 0 radical (unpaired) electrons. The molecule has 1 heterocycles. The number of rotatable bonds is 4. The van der Waals surface area contributed by atoms with Gasteiger partial charge in [-0.3, -0.25) is 4.98 Å². The molecule has 19 heavy (non-hydrogen) atoms. The second-order valence-electron chi connectivity index (χ2n) is 4.76. The second kappa shape index (κ2) is 5.85. The van der Waals surface area contributed by atoms with Gasteiger partial charge in [0.2, 0.25) is 0 Å². The molecule has 0 aliphatic rings. The van der Waals surface area contributed by atoms with Crippen LogP contribution in [0.1, 0.15) is 28.4 Å². The van der Waals surface area contributed by atoms with E-state index in [1.807, 2.05) is 18.2 Å². The molecule has 0 amide bonds. The van der Waals surface area contributed by atoms with Gasteiger partial charge in [0.05, 0.1) is 7.11 Å². The van der Waals surface area contributed by atoms with Crippen molar-refractivity contribution in [3.63, 3.8) is 0 Å². The van der Waals surface area contributed by atoms with E-state index in [1.165, 1.54) is 5.56 Å². The molecule has 2 aromatic rings. The fourth-order valence-electron chi connectivity index (χ4n) is 2.23. The summed E-state index contributed by atoms with van der Waals surface area (Å²) in [5.74, 6) is 0.892. The first kappa shape index (κ1) is 13.6. The van der Waals surface area contributed by atoms with Crippen molar-refractivity contribution in [2.75, 3.05) is 7.11 Å². The monoisotopic (exact) mass is 256 g/mol. The fourth-order valence-corrected chi connectivity index (χ4v) is 2.23. The van der Waals surface area contributed by atoms with Gasteiger partial charge >= 0.3 is 0 Å². The van der Waals surface area contributed by atoms with Gasteiger partial charge in [0, 0.05) is 29.9 Å². The maximum absolute atomic E-state index is 6.30. The van der Waals surface area contributed by atoms with Crippen LogP contribution in [0.3, 0.4) is 0 Å². The van der Waals surface area contributed by atoms with Gasteiger partial charge in [-0.25, -0.2) is 0 Å². The molecule has 0 aliphatic carbocycles. The Balaban J connectivity index is 2.29. The van der Waals surface area contributed by atoms with Gasteiger partial charge in [0.25, 0.3) is 0 Å². The molecule has 0 aliphatic heterocycles. The molecular formula is C16H20N2O. The molecule has 1 aromatic carbocycles. The summed E-state index contributed by atoms with van der Waals surface area (Å²) in [6.45, 7) is 4.14. The van der Waals surface area contributed by atoms with Crippen molar-refractivity contribution >= 4 is 0 Å². The fraction of sp³-hybridized carbons (Fsp3) is 0.312. The highest BCUT2D eigenvalue weighted by Gasteiger charge is 2.15. The molecule has 1 unspecified atom stereocenters. The van der Waals surface area contributed by atoms with Crippen LogP contribution in [-0.4, -0.2) is 12.1 Å². The summed E-state index contributed by atoms with van der Waals surface area (Å²) in [7, 11) is 1.69. The maximum Gasteiger partial charge on any atom is 0.126 e. The lowest BCUT2D eigenvalue weighted by molar-refractivity contribution is 0.402. The number of ether oxygens (including phenoxy) is 1. The van der Waals surface area contributed by atoms with Crippen LogP contribution in [0.15, 0.2) is 36.5 Å². The van der Waals surface area contributed by atoms with E-state index >= 15 is 0 Å². The molecule has 2 N–H and O–H groups in total. The van der Waals surface area contributed by atoms with Gasteiger partial charge in [-0.05, 0) is 37.1 Å². The number of hydrogen-bond acceptors (Lipinski definition) is 3. The quantitative estimate of drug-likeness (QED) is 0.915. The van der Waals surface area contributed by atoms with Crippen LogP contribution in [0, 0.1) is 13.8 Å². The molecule has 1 aromatic heterocycles. The Labute approximate surface area is 114 Å². The molecule has 0 spiro atoms. The predicted octanol–water partition coefficient (Wildman–Crippen LogP) is 2.95. The molecule has 1 atom stereocenters. The number of pyridine rings is 1. The zero-order chi connectivity index (χ0) is 13.8. The number of methoxy groups -OCH3 is 1. The number of aromatic nitrogens is 1. The highest BCUT2D eigenvalue weighted by molar-refractivity contribution is 5.47. The highest BCUT2D eigenvalue weighted by Crippen LogP contribution is 2.31. The summed E-state index contributed by atoms with van der Waals surface area (Å²) in [5, 5.41) is 0. The van der Waals surface area contributed by atoms with Crippen molar-refractivity contribution in [1.29, 1.82) is 0 Å². The van der Waals surface area contributed by atoms with Gasteiger partial charge < -0.3 is 10.5 Å². The zero-order valence-corrected chi connectivity index (χ0v) is 11.7. The van der Waals surface area contributed by atoms with Crippen LogP contribution in [0.5, 0.6) is 5.75 Å². The molecule has 3 nitrogen and oxygen atoms in total. The lowest BCUT2D eigenvalue weighted by Crippen LogP contribution is -2.15. The Kier molecular flexibility index (Phi) is 4.17. The van der Waals surface area contributed by atoms with Crippen LogP contribution in [0.2, 0.25) is 0 Å². The van der Waals surface area contributed by atoms with E-state index in [2.05, 4.69) is 31.0 Å². The third-order valence-corrected chi connectivity index (χ3v) is 3.47. The lowest BCUT2D eigenvalue weighted by atomic mass is 9.96. The van der Waals surface area contributed by atoms with E-state index in [-0.39, 0.29) is 6.04 Å². The van der Waals surface area contributed by atoms with Crippen LogP contribution < -0.4 is 10.5 Å². The van der Waals surface area contributed by atoms with Crippen LogP contribution in [0.25, 0.3) is 0 Å². The van der Waals surface area contributed by atoms with Crippen molar-refractivity contribution < 1.29 is 4.74 Å². The predicted molar refractivity (Wildman–Crippen MR) is 77.3 cm³/mol. The second-order valence-corrected chi connectivity index (χ2v) is 4.76. The lowest BCUT2D eigenvalue weighted by Gasteiger charge is -2.18. The van der Waals surface area contributed by atoms with Gasteiger partial charge in [-0.1, -0.05) is 18.2 Å². The third-order valence-electron chi connectivity index (χ3n) is 3.47. The van der Waals surface area contributed by atoms with E-state index in [0.29, 0.717) is 6.42 Å². The average Bonchev–Trinajstić information content (AvgIpc) is 2.42. The van der Waals surface area contributed by atoms with Crippen molar-refractivity contribution in [2.45, 2.75) is 26.3 Å². The van der Waals surface area contributed by atoms with Gasteiger partial charge in [-0.15, -0.1) is 0 Å². The van der Waals surface area contributed by atoms with Gasteiger partial charge in [-0.2, -0.15) is 0 Å². The number of hydrogen-bond donors (Lipinski definition) is 1. The molecule has 2 rings (SSSR count). The van der Waals surface area contributed by atoms with Crippen LogP contribution in [-0.2, 0) is 6.42 Å². The summed E-state index contributed by atoms with van der Waals surface area (Å²) in [5.41, 5.74) is 10.7. The summed E-state index contributed by atoms with van der Waals surface area (Å²) >= 11 is 0. The third kappa shape index (κ3) is 2.93. The van der Waals surface area contributed by atoms with E-state index in [0.717, 1.165) is 22.6 Å². The topological polar surface area (TPSA) is 48.1 Å². The molecule has 0 saturated heterocycles. The molecular weight excluding hydrogens is 236 g/mol. The first-order valence-corrected chi connectivity index (χ1v) is 6.43. The minimum absolute atomic E-state index is 0.107. The van der Waals surface area contributed by atoms with E-state index in [1.54, 1.807) is 13.3 Å². The standard InChI is InChI=1S/C16H20N2O/c1-11-7-8-14(16(19-3)12(11)2)15(17)10-13-6-4-5-9-18-13/h4-9,15H,10,17H2,1-3H3. The first-order valence-electron chi connectivity index (χ1n) is 6.43. The number of benzene rings is 1. The average molecular weight is 256 g/mol. The van der Waals surface area contributed by atoms with Crippen molar-refractivity contribution in [3.8, 4) is 5.75 Å². The Morgan fingerprint density at radius 2 is 2.00 bits per heavy atom. The number of nitrogens with two attached hydrogens (primary N) is 1. The van der Waals surface area contributed by atoms with E-state index < -0.39 is 0 Å². The van der Waals surface area contributed by atoms with E-state index in [9.17, 15) is 0 Å². The van der Waals surface area contributed by atoms with Crippen molar-refractivity contribution in [1.82, 2.24) is 4.98 Å². The minimum atomic E-state index is -0.107. The van der Waals surface area contributed by atoms with Crippen molar-refractivity contribution in [3.05, 3.63) is 58.9 Å². The SMILES string of the molecule is COc1c(C(N)Cc2ccccn2)ccc(C)c1C. The molecule has 0 bridgehead atoms. The number of aryl methyl sites for hydroxylation is 1. The summed E-state index contributed by atoms with van der Waals surface area (Å²) in [4.78, 5) is 4.32. The number of nitrogens with zero attached hydrogens (tertiary/aromatic N) is 1. The Morgan fingerprint density at radius 1 is 1.21 bits per heavy atom. The Morgan fingerprint density at radius 3 is 2.63 bits per heavy atom. The summed E-state index contributed by atoms with van der Waals surface area (Å²) < 4.78 is 5.52. The van der Waals surface area contributed by atoms with E-state index in [4.69, 9.17) is 10.5 Å². The first-order chi connectivity index (χ1) is 9.13. The maximum atomic E-state index is 6.30. The molecule has 3 heteroatoms. The molecule has 0 fully saturated rings. The largest absolute Gasteiger partial charge is 0.496 e. The van der Waals surface area contributed by atoms with Gasteiger partial charge in [0.1, 0.15) is 5.75 Å². The minimum Gasteiger partial charge on any atom is -0.496 e. The highest BCUT2D eigenvalue weighted by atomic mass is 16.5. The Bertz CT molecular complexity index is 552. The van der Waals surface area contributed by atoms with Crippen LogP contribution >= 0.6 is 0 Å². The van der Waals surface area contributed by atoms with Crippen molar-refractivity contribution in [2.24, 2.45) is 5.73 Å². The Hall–Kier alpha value is -1.87. The molecule has 0 saturated carbocycles. The summed E-state index contributed by atoms with van der Waals surface area (Å²) in [6, 6.07) is 9.91.